The standard InChI is InChI=1S/C23H17F6N3O4/c24-22(25,26)21(11-13-34-21)16-4-1-2-6-18(16)35-19-17(5-3-12-30-19)32-20(33)31-14-7-9-15(10-8-14)36-23(27,28)29/h1-10,12H,11,13H2,(H2,31,32,33). The number of alkyl halides is 6. The molecule has 1 aliphatic rings. The Morgan fingerprint density at radius 1 is 0.944 bits per heavy atom. The number of amides is 2. The maximum Gasteiger partial charge on any atom is 0.573 e. The lowest BCUT2D eigenvalue weighted by Crippen LogP contribution is -2.52. The number of halogens is 6. The largest absolute Gasteiger partial charge is 0.573 e. The van der Waals surface area contributed by atoms with Gasteiger partial charge in [-0.15, -0.1) is 13.2 Å². The molecule has 1 fully saturated rings. The van der Waals surface area contributed by atoms with Gasteiger partial charge in [-0.2, -0.15) is 13.2 Å². The summed E-state index contributed by atoms with van der Waals surface area (Å²) in [5, 5.41) is 4.85. The van der Waals surface area contributed by atoms with Crippen LogP contribution in [0.3, 0.4) is 0 Å². The van der Waals surface area contributed by atoms with E-state index >= 15 is 0 Å². The van der Waals surface area contributed by atoms with Crippen LogP contribution in [0, 0.1) is 0 Å². The van der Waals surface area contributed by atoms with Gasteiger partial charge in [-0.3, -0.25) is 0 Å². The van der Waals surface area contributed by atoms with Crippen molar-refractivity contribution in [1.29, 1.82) is 0 Å². The SMILES string of the molecule is O=C(Nc1ccc(OC(F)(F)F)cc1)Nc1cccnc1Oc1ccccc1C1(C(F)(F)F)CCO1. The predicted octanol–water partition coefficient (Wildman–Crippen LogP) is 6.59. The molecular formula is C23H17F6N3O4. The van der Waals surface area contributed by atoms with Crippen molar-refractivity contribution >= 4 is 17.4 Å². The van der Waals surface area contributed by atoms with Crippen molar-refractivity contribution in [3.63, 3.8) is 0 Å². The van der Waals surface area contributed by atoms with Crippen molar-refractivity contribution in [1.82, 2.24) is 4.98 Å². The van der Waals surface area contributed by atoms with E-state index in [1.54, 1.807) is 0 Å². The minimum absolute atomic E-state index is 0.0254. The molecule has 7 nitrogen and oxygen atoms in total. The van der Waals surface area contributed by atoms with Crippen LogP contribution >= 0.6 is 0 Å². The van der Waals surface area contributed by atoms with Gasteiger partial charge in [-0.25, -0.2) is 9.78 Å². The molecule has 0 bridgehead atoms. The van der Waals surface area contributed by atoms with Crippen molar-refractivity contribution in [3.8, 4) is 17.4 Å². The van der Waals surface area contributed by atoms with E-state index in [2.05, 4.69) is 20.4 Å². The van der Waals surface area contributed by atoms with E-state index in [1.165, 1.54) is 54.7 Å². The lowest BCUT2D eigenvalue weighted by Gasteiger charge is -2.43. The van der Waals surface area contributed by atoms with Gasteiger partial charge in [0.25, 0.3) is 0 Å². The third kappa shape index (κ3) is 5.46. The third-order valence-electron chi connectivity index (χ3n) is 5.15. The molecule has 1 aliphatic heterocycles. The maximum absolute atomic E-state index is 13.8. The average molecular weight is 513 g/mol. The number of benzene rings is 2. The summed E-state index contributed by atoms with van der Waals surface area (Å²) in [6, 6.07) is 11.9. The van der Waals surface area contributed by atoms with Crippen molar-refractivity contribution in [2.24, 2.45) is 0 Å². The van der Waals surface area contributed by atoms with Crippen LogP contribution in [0.2, 0.25) is 0 Å². The second kappa shape index (κ2) is 9.57. The molecule has 190 valence electrons. The van der Waals surface area contributed by atoms with E-state index in [0.717, 1.165) is 12.1 Å². The van der Waals surface area contributed by atoms with Gasteiger partial charge >= 0.3 is 18.6 Å². The normalized spacial score (nSPS) is 17.6. The number of hydrogen-bond donors (Lipinski definition) is 2. The predicted molar refractivity (Wildman–Crippen MR) is 115 cm³/mol. The highest BCUT2D eigenvalue weighted by Gasteiger charge is 2.62. The molecule has 0 spiro atoms. The maximum atomic E-state index is 13.8. The van der Waals surface area contributed by atoms with Gasteiger partial charge in [0.05, 0.1) is 6.61 Å². The van der Waals surface area contributed by atoms with Crippen molar-refractivity contribution < 1.29 is 45.3 Å². The van der Waals surface area contributed by atoms with Gasteiger partial charge in [0.2, 0.25) is 5.88 Å². The Kier molecular flexibility index (Phi) is 6.67. The first-order valence-electron chi connectivity index (χ1n) is 10.3. The lowest BCUT2D eigenvalue weighted by atomic mass is 9.85. The highest BCUT2D eigenvalue weighted by molar-refractivity contribution is 6.00. The van der Waals surface area contributed by atoms with Crippen LogP contribution in [0.5, 0.6) is 17.4 Å². The molecule has 1 atom stereocenters. The van der Waals surface area contributed by atoms with Crippen LogP contribution in [0.25, 0.3) is 0 Å². The first kappa shape index (κ1) is 25.1. The number of hydrogen-bond acceptors (Lipinski definition) is 5. The van der Waals surface area contributed by atoms with Gasteiger partial charge in [-0.1, -0.05) is 18.2 Å². The topological polar surface area (TPSA) is 81.7 Å². The zero-order valence-corrected chi connectivity index (χ0v) is 18.1. The molecule has 2 heterocycles. The summed E-state index contributed by atoms with van der Waals surface area (Å²) in [5.41, 5.74) is -2.57. The lowest BCUT2D eigenvalue weighted by molar-refractivity contribution is -0.333. The van der Waals surface area contributed by atoms with Gasteiger partial charge < -0.3 is 24.8 Å². The number of nitrogens with one attached hydrogen (secondary N) is 2. The Bertz CT molecular complexity index is 1230. The van der Waals surface area contributed by atoms with Gasteiger partial charge in [0.15, 0.2) is 5.60 Å². The van der Waals surface area contributed by atoms with Crippen LogP contribution in [-0.4, -0.2) is 30.2 Å². The summed E-state index contributed by atoms with van der Waals surface area (Å²) < 4.78 is 92.6. The molecule has 1 aromatic heterocycles. The summed E-state index contributed by atoms with van der Waals surface area (Å²) in [7, 11) is 0. The number of anilines is 2. The zero-order valence-electron chi connectivity index (χ0n) is 18.1. The molecule has 1 unspecified atom stereocenters. The first-order chi connectivity index (χ1) is 17.0. The molecule has 0 saturated carbocycles. The number of para-hydroxylation sites is 1. The number of carbonyl (C=O) groups is 1. The summed E-state index contributed by atoms with van der Waals surface area (Å²) >= 11 is 0. The fourth-order valence-electron chi connectivity index (χ4n) is 3.48. The minimum Gasteiger partial charge on any atom is -0.437 e. The molecule has 4 rings (SSSR count). The summed E-state index contributed by atoms with van der Waals surface area (Å²) in [6.07, 6.45) is -8.50. The van der Waals surface area contributed by atoms with E-state index in [4.69, 9.17) is 9.47 Å². The number of aromatic nitrogens is 1. The smallest absolute Gasteiger partial charge is 0.437 e. The Morgan fingerprint density at radius 2 is 1.64 bits per heavy atom. The highest BCUT2D eigenvalue weighted by Crippen LogP contribution is 2.53. The molecule has 0 radical (unpaired) electrons. The monoisotopic (exact) mass is 513 g/mol. The van der Waals surface area contributed by atoms with Crippen LogP contribution in [0.1, 0.15) is 12.0 Å². The van der Waals surface area contributed by atoms with E-state index in [9.17, 15) is 31.1 Å². The summed E-state index contributed by atoms with van der Waals surface area (Å²) in [4.78, 5) is 16.4. The summed E-state index contributed by atoms with van der Waals surface area (Å²) in [5.74, 6) is -0.815. The second-order valence-electron chi connectivity index (χ2n) is 7.53. The van der Waals surface area contributed by atoms with Crippen LogP contribution in [0.4, 0.5) is 42.5 Å². The molecule has 1 saturated heterocycles. The highest BCUT2D eigenvalue weighted by atomic mass is 19.4. The van der Waals surface area contributed by atoms with Crippen molar-refractivity contribution in [2.75, 3.05) is 17.2 Å². The van der Waals surface area contributed by atoms with Gasteiger partial charge in [0.1, 0.15) is 17.2 Å². The van der Waals surface area contributed by atoms with Gasteiger partial charge in [-0.05, 0) is 42.5 Å². The fraction of sp³-hybridized carbons (Fsp3) is 0.217. The zero-order chi connectivity index (χ0) is 26.0. The Labute approximate surface area is 200 Å². The van der Waals surface area contributed by atoms with E-state index < -0.39 is 29.9 Å². The molecule has 36 heavy (non-hydrogen) atoms. The number of urea groups is 1. The number of rotatable bonds is 6. The molecule has 2 amide bonds. The van der Waals surface area contributed by atoms with Crippen LogP contribution < -0.4 is 20.1 Å². The van der Waals surface area contributed by atoms with Crippen LogP contribution in [-0.2, 0) is 10.3 Å². The van der Waals surface area contributed by atoms with Crippen LogP contribution in [0.15, 0.2) is 66.9 Å². The molecule has 2 N–H and O–H groups in total. The molecule has 2 aromatic carbocycles. The Balaban J connectivity index is 1.50. The number of ether oxygens (including phenoxy) is 3. The average Bonchev–Trinajstić information content (AvgIpc) is 2.75. The fourth-order valence-corrected chi connectivity index (χ4v) is 3.48. The Morgan fingerprint density at radius 3 is 2.25 bits per heavy atom. The van der Waals surface area contributed by atoms with Crippen molar-refractivity contribution in [2.45, 2.75) is 24.6 Å². The number of nitrogens with zero attached hydrogens (tertiary/aromatic N) is 1. The minimum atomic E-state index is -4.86. The second-order valence-corrected chi connectivity index (χ2v) is 7.53. The molecular weight excluding hydrogens is 496 g/mol. The third-order valence-corrected chi connectivity index (χ3v) is 5.15. The number of carbonyl (C=O) groups excluding carboxylic acids is 1. The van der Waals surface area contributed by atoms with E-state index in [-0.39, 0.29) is 41.6 Å². The van der Waals surface area contributed by atoms with Gasteiger partial charge in [0, 0.05) is 23.9 Å². The Hall–Kier alpha value is -4.00. The van der Waals surface area contributed by atoms with E-state index in [0.29, 0.717) is 0 Å². The van der Waals surface area contributed by atoms with E-state index in [1.807, 2.05) is 0 Å². The first-order valence-corrected chi connectivity index (χ1v) is 10.3. The summed E-state index contributed by atoms with van der Waals surface area (Å²) in [6.45, 7) is -0.0618. The molecule has 0 aliphatic carbocycles. The molecule has 13 heteroatoms. The molecule has 3 aromatic rings. The van der Waals surface area contributed by atoms with Crippen molar-refractivity contribution in [3.05, 3.63) is 72.4 Å². The number of pyridine rings is 1. The quantitative estimate of drug-likeness (QED) is 0.363.